The van der Waals surface area contributed by atoms with Crippen LogP contribution in [-0.4, -0.2) is 26.0 Å². The fourth-order valence-corrected chi connectivity index (χ4v) is 4.59. The Balaban J connectivity index is 1.96. The summed E-state index contributed by atoms with van der Waals surface area (Å²) in [6.07, 6.45) is 4.03. The van der Waals surface area contributed by atoms with E-state index in [4.69, 9.17) is 17.3 Å². The minimum atomic E-state index is 0.0256. The van der Waals surface area contributed by atoms with Crippen molar-refractivity contribution in [3.8, 4) is 0 Å². The molecule has 0 bridgehead atoms. The normalized spacial score (nSPS) is 14.4. The van der Waals surface area contributed by atoms with Gasteiger partial charge in [0.2, 0.25) is 0 Å². The maximum atomic E-state index is 6.30. The molecule has 3 heterocycles. The predicted octanol–water partition coefficient (Wildman–Crippen LogP) is 3.64. The minimum absolute atomic E-state index is 0.0256. The van der Waals surface area contributed by atoms with Gasteiger partial charge in [0.05, 0.1) is 15.9 Å². The van der Waals surface area contributed by atoms with Gasteiger partial charge in [-0.2, -0.15) is 0 Å². The molecule has 3 rings (SSSR count). The number of nitrogens with two attached hydrogens (primary N) is 1. The van der Waals surface area contributed by atoms with Gasteiger partial charge in [-0.1, -0.05) is 30.3 Å². The molecule has 2 unspecified atom stereocenters. The van der Waals surface area contributed by atoms with Crippen LogP contribution in [-0.2, 0) is 0 Å². The monoisotopic (exact) mass is 339 g/mol. The van der Waals surface area contributed by atoms with Crippen LogP contribution in [0.15, 0.2) is 29.8 Å². The Bertz CT molecular complexity index is 741. The summed E-state index contributed by atoms with van der Waals surface area (Å²) in [4.78, 5) is 16.9. The molecule has 21 heavy (non-hydrogen) atoms. The summed E-state index contributed by atoms with van der Waals surface area (Å²) in [5.41, 5.74) is 7.81. The molecule has 8 heteroatoms. The molecule has 5 nitrogen and oxygen atoms in total. The van der Waals surface area contributed by atoms with E-state index in [9.17, 15) is 0 Å². The van der Waals surface area contributed by atoms with Crippen molar-refractivity contribution in [2.24, 2.45) is 5.73 Å². The second-order valence-electron chi connectivity index (χ2n) is 4.53. The predicted molar refractivity (Wildman–Crippen MR) is 87.9 cm³/mol. The van der Waals surface area contributed by atoms with Gasteiger partial charge in [-0.25, -0.2) is 15.0 Å². The van der Waals surface area contributed by atoms with Gasteiger partial charge in [0.25, 0.3) is 0 Å². The average Bonchev–Trinajstić information content (AvgIpc) is 3.12. The fraction of sp³-hybridized carbons (Fsp3) is 0.308. The van der Waals surface area contributed by atoms with Gasteiger partial charge in [0, 0.05) is 10.9 Å². The molecule has 0 spiro atoms. The van der Waals surface area contributed by atoms with Crippen LogP contribution in [0.2, 0.25) is 4.34 Å². The highest BCUT2D eigenvalue weighted by Gasteiger charge is 2.23. The summed E-state index contributed by atoms with van der Waals surface area (Å²) in [5, 5.41) is 0.963. The van der Waals surface area contributed by atoms with E-state index in [0.717, 1.165) is 26.2 Å². The Kier molecular flexibility index (Phi) is 4.44. The van der Waals surface area contributed by atoms with Crippen LogP contribution >= 0.6 is 34.7 Å². The summed E-state index contributed by atoms with van der Waals surface area (Å²) >= 11 is 9.25. The van der Waals surface area contributed by atoms with Crippen molar-refractivity contribution >= 4 is 45.9 Å². The molecule has 0 aliphatic carbocycles. The topological polar surface area (TPSA) is 80.5 Å². The third kappa shape index (κ3) is 3.06. The number of aromatic nitrogens is 4. The minimum Gasteiger partial charge on any atom is -0.341 e. The van der Waals surface area contributed by atoms with E-state index in [0.29, 0.717) is 5.65 Å². The number of nitrogens with one attached hydrogen (secondary N) is 1. The standard InChI is InChI=1S/C13H14ClN5S2/c1-2-7(15)11(8-3-4-9(14)20-8)21-13-10-12(17-5-16-10)18-6-19-13/h3-7,11H,2,15H2,1H3,(H,16,17,18,19). The van der Waals surface area contributed by atoms with Crippen molar-refractivity contribution in [1.82, 2.24) is 19.9 Å². The number of thiophene rings is 1. The fourth-order valence-electron chi connectivity index (χ4n) is 2.00. The van der Waals surface area contributed by atoms with E-state index in [-0.39, 0.29) is 11.3 Å². The van der Waals surface area contributed by atoms with E-state index in [1.165, 1.54) is 6.33 Å². The van der Waals surface area contributed by atoms with E-state index >= 15 is 0 Å². The molecule has 0 amide bonds. The lowest BCUT2D eigenvalue weighted by Gasteiger charge is -2.20. The molecular weight excluding hydrogens is 326 g/mol. The SMILES string of the molecule is CCC(N)C(Sc1ncnc2nc[nH]c12)c1ccc(Cl)s1. The summed E-state index contributed by atoms with van der Waals surface area (Å²) < 4.78 is 0.772. The quantitative estimate of drug-likeness (QED) is 0.548. The number of imidazole rings is 1. The zero-order chi connectivity index (χ0) is 14.8. The van der Waals surface area contributed by atoms with E-state index in [2.05, 4.69) is 26.9 Å². The first kappa shape index (κ1) is 14.8. The summed E-state index contributed by atoms with van der Waals surface area (Å²) in [6, 6.07) is 3.96. The van der Waals surface area contributed by atoms with Crippen LogP contribution in [0.1, 0.15) is 23.5 Å². The van der Waals surface area contributed by atoms with Crippen LogP contribution in [0.25, 0.3) is 11.2 Å². The Labute approximate surface area is 135 Å². The highest BCUT2D eigenvalue weighted by molar-refractivity contribution is 7.99. The zero-order valence-corrected chi connectivity index (χ0v) is 13.7. The first-order valence-electron chi connectivity index (χ1n) is 6.50. The van der Waals surface area contributed by atoms with Crippen LogP contribution in [0.5, 0.6) is 0 Å². The van der Waals surface area contributed by atoms with Gasteiger partial charge >= 0.3 is 0 Å². The number of fused-ring (bicyclic) bond motifs is 1. The Morgan fingerprint density at radius 1 is 1.38 bits per heavy atom. The molecule has 0 radical (unpaired) electrons. The highest BCUT2D eigenvalue weighted by atomic mass is 35.5. The van der Waals surface area contributed by atoms with Crippen molar-refractivity contribution in [2.75, 3.05) is 0 Å². The van der Waals surface area contributed by atoms with Crippen molar-refractivity contribution < 1.29 is 0 Å². The number of thioether (sulfide) groups is 1. The maximum Gasteiger partial charge on any atom is 0.181 e. The molecule has 2 atom stereocenters. The van der Waals surface area contributed by atoms with Crippen LogP contribution < -0.4 is 5.73 Å². The van der Waals surface area contributed by atoms with Gasteiger partial charge in [-0.05, 0) is 18.6 Å². The molecule has 3 aromatic heterocycles. The van der Waals surface area contributed by atoms with Crippen molar-refractivity contribution in [3.05, 3.63) is 34.0 Å². The number of halogens is 1. The molecule has 0 saturated heterocycles. The lowest BCUT2D eigenvalue weighted by Crippen LogP contribution is -2.25. The van der Waals surface area contributed by atoms with Crippen molar-refractivity contribution in [3.63, 3.8) is 0 Å². The zero-order valence-electron chi connectivity index (χ0n) is 11.3. The molecule has 3 N–H and O–H groups in total. The number of rotatable bonds is 5. The molecule has 0 aromatic carbocycles. The lowest BCUT2D eigenvalue weighted by atomic mass is 10.1. The third-order valence-electron chi connectivity index (χ3n) is 3.16. The average molecular weight is 340 g/mol. The van der Waals surface area contributed by atoms with Gasteiger partial charge in [-0.3, -0.25) is 0 Å². The summed E-state index contributed by atoms with van der Waals surface area (Å²) in [7, 11) is 0. The van der Waals surface area contributed by atoms with Crippen molar-refractivity contribution in [2.45, 2.75) is 29.7 Å². The Hall–Kier alpha value is -1.15. The van der Waals surface area contributed by atoms with Crippen LogP contribution in [0.3, 0.4) is 0 Å². The number of nitrogens with zero attached hydrogens (tertiary/aromatic N) is 3. The molecule has 0 aliphatic heterocycles. The first-order valence-corrected chi connectivity index (χ1v) is 8.58. The summed E-state index contributed by atoms with van der Waals surface area (Å²) in [5.74, 6) is 0. The molecule has 3 aromatic rings. The maximum absolute atomic E-state index is 6.30. The number of hydrogen-bond donors (Lipinski definition) is 2. The first-order chi connectivity index (χ1) is 10.2. The second kappa shape index (κ2) is 6.31. The largest absolute Gasteiger partial charge is 0.341 e. The lowest BCUT2D eigenvalue weighted by molar-refractivity contribution is 0.639. The Morgan fingerprint density at radius 2 is 2.24 bits per heavy atom. The molecule has 0 saturated carbocycles. The van der Waals surface area contributed by atoms with E-state index in [1.54, 1.807) is 29.4 Å². The molecule has 0 fully saturated rings. The number of aromatic amines is 1. The smallest absolute Gasteiger partial charge is 0.181 e. The van der Waals surface area contributed by atoms with Gasteiger partial charge in [0.15, 0.2) is 5.65 Å². The Morgan fingerprint density at radius 3 is 2.95 bits per heavy atom. The van der Waals surface area contributed by atoms with E-state index in [1.807, 2.05) is 12.1 Å². The summed E-state index contributed by atoms with van der Waals surface area (Å²) in [6.45, 7) is 2.08. The van der Waals surface area contributed by atoms with Gasteiger partial charge < -0.3 is 10.7 Å². The van der Waals surface area contributed by atoms with Gasteiger partial charge in [0.1, 0.15) is 16.9 Å². The van der Waals surface area contributed by atoms with Crippen LogP contribution in [0.4, 0.5) is 0 Å². The van der Waals surface area contributed by atoms with Crippen LogP contribution in [0, 0.1) is 0 Å². The third-order valence-corrected chi connectivity index (χ3v) is 6.02. The van der Waals surface area contributed by atoms with E-state index < -0.39 is 0 Å². The molecule has 0 aliphatic rings. The number of hydrogen-bond acceptors (Lipinski definition) is 6. The second-order valence-corrected chi connectivity index (χ2v) is 7.41. The highest BCUT2D eigenvalue weighted by Crippen LogP contribution is 2.42. The van der Waals surface area contributed by atoms with Crippen molar-refractivity contribution in [1.29, 1.82) is 0 Å². The molecular formula is C13H14ClN5S2. The molecule has 110 valence electrons. The number of H-pyrrole nitrogens is 1. The van der Waals surface area contributed by atoms with Gasteiger partial charge in [-0.15, -0.1) is 11.3 Å².